The van der Waals surface area contributed by atoms with Crippen LogP contribution in [0.2, 0.25) is 0 Å². The van der Waals surface area contributed by atoms with Gasteiger partial charge in [-0.1, -0.05) is 0 Å². The van der Waals surface area contributed by atoms with E-state index in [1.165, 1.54) is 0 Å². The van der Waals surface area contributed by atoms with E-state index < -0.39 is 0 Å². The average molecular weight is 220 g/mol. The fourth-order valence-corrected chi connectivity index (χ4v) is 2.11. The molecule has 0 radical (unpaired) electrons. The molecule has 0 spiro atoms. The van der Waals surface area contributed by atoms with Crippen LogP contribution in [0.15, 0.2) is 18.3 Å². The number of carbonyl (C=O) groups is 2. The standard InChI is InChI=1S/C12H16N2O2/c1-14(11-3-2-8-13-11)12(16)9-4-6-10(15)7-5-9/h2-3,8-9,13H,4-7H2,1H3. The highest BCUT2D eigenvalue weighted by atomic mass is 16.2. The summed E-state index contributed by atoms with van der Waals surface area (Å²) in [5.74, 6) is 1.20. The number of carbonyl (C=O) groups excluding carboxylic acids is 2. The van der Waals surface area contributed by atoms with E-state index in [0.29, 0.717) is 25.7 Å². The molecule has 1 aliphatic rings. The lowest BCUT2D eigenvalue weighted by atomic mass is 9.87. The minimum atomic E-state index is 0.00556. The Balaban J connectivity index is 2.00. The quantitative estimate of drug-likeness (QED) is 0.825. The number of nitrogens with one attached hydrogen (secondary N) is 1. The van der Waals surface area contributed by atoms with Gasteiger partial charge in [0.05, 0.1) is 0 Å². The van der Waals surface area contributed by atoms with Crippen molar-refractivity contribution >= 4 is 17.5 Å². The lowest BCUT2D eigenvalue weighted by molar-refractivity contribution is -0.126. The van der Waals surface area contributed by atoms with Crippen molar-refractivity contribution in [2.75, 3.05) is 11.9 Å². The van der Waals surface area contributed by atoms with Crippen LogP contribution < -0.4 is 4.90 Å². The smallest absolute Gasteiger partial charge is 0.230 e. The summed E-state index contributed by atoms with van der Waals surface area (Å²) in [6.07, 6.45) is 4.29. The van der Waals surface area contributed by atoms with E-state index in [4.69, 9.17) is 0 Å². The SMILES string of the molecule is CN(C(=O)C1CCC(=O)CC1)c1ccc[nH]1. The van der Waals surface area contributed by atoms with Crippen LogP contribution in [0.25, 0.3) is 0 Å². The number of hydrogen-bond acceptors (Lipinski definition) is 2. The van der Waals surface area contributed by atoms with Crippen molar-refractivity contribution in [3.8, 4) is 0 Å². The molecule has 0 aromatic carbocycles. The van der Waals surface area contributed by atoms with Crippen molar-refractivity contribution in [2.24, 2.45) is 5.92 Å². The molecule has 0 atom stereocenters. The Bertz CT molecular complexity index is 374. The molecule has 1 N–H and O–H groups in total. The average Bonchev–Trinajstić information content (AvgIpc) is 2.81. The van der Waals surface area contributed by atoms with Gasteiger partial charge < -0.3 is 9.88 Å². The Morgan fingerprint density at radius 2 is 2.12 bits per heavy atom. The van der Waals surface area contributed by atoms with E-state index in [1.54, 1.807) is 18.1 Å². The van der Waals surface area contributed by atoms with E-state index in [0.717, 1.165) is 5.82 Å². The number of H-pyrrole nitrogens is 1. The zero-order valence-corrected chi connectivity index (χ0v) is 9.40. The Morgan fingerprint density at radius 1 is 1.44 bits per heavy atom. The molecule has 1 heterocycles. The summed E-state index contributed by atoms with van der Waals surface area (Å²) in [4.78, 5) is 27.8. The first-order valence-electron chi connectivity index (χ1n) is 5.61. The van der Waals surface area contributed by atoms with Crippen LogP contribution in [0, 0.1) is 5.92 Å². The molecule has 4 heteroatoms. The number of aromatic amines is 1. The number of ketones is 1. The molecule has 1 fully saturated rings. The van der Waals surface area contributed by atoms with Gasteiger partial charge in [-0.3, -0.25) is 9.59 Å². The summed E-state index contributed by atoms with van der Waals surface area (Å²) in [7, 11) is 1.77. The summed E-state index contributed by atoms with van der Waals surface area (Å²) in [5, 5.41) is 0. The highest BCUT2D eigenvalue weighted by molar-refractivity contribution is 5.95. The van der Waals surface area contributed by atoms with Gasteiger partial charge in [0.1, 0.15) is 11.6 Å². The minimum Gasteiger partial charge on any atom is -0.348 e. The van der Waals surface area contributed by atoms with Gasteiger partial charge in [0.25, 0.3) is 0 Å². The number of aromatic nitrogens is 1. The second kappa shape index (κ2) is 4.51. The Labute approximate surface area is 94.6 Å². The lowest BCUT2D eigenvalue weighted by Crippen LogP contribution is -2.35. The summed E-state index contributed by atoms with van der Waals surface area (Å²) < 4.78 is 0. The van der Waals surface area contributed by atoms with Crippen LogP contribution in [-0.2, 0) is 9.59 Å². The summed E-state index contributed by atoms with van der Waals surface area (Å²) in [6, 6.07) is 3.73. The van der Waals surface area contributed by atoms with Crippen molar-refractivity contribution in [1.29, 1.82) is 0 Å². The first kappa shape index (κ1) is 10.9. The minimum absolute atomic E-state index is 0.00556. The molecule has 0 saturated heterocycles. The monoisotopic (exact) mass is 220 g/mol. The van der Waals surface area contributed by atoms with Crippen LogP contribution in [0.5, 0.6) is 0 Å². The van der Waals surface area contributed by atoms with Gasteiger partial charge >= 0.3 is 0 Å². The van der Waals surface area contributed by atoms with Gasteiger partial charge in [0.15, 0.2) is 0 Å². The van der Waals surface area contributed by atoms with E-state index in [9.17, 15) is 9.59 Å². The predicted molar refractivity (Wildman–Crippen MR) is 61.2 cm³/mol. The van der Waals surface area contributed by atoms with Gasteiger partial charge in [-0.05, 0) is 25.0 Å². The van der Waals surface area contributed by atoms with Crippen LogP contribution in [-0.4, -0.2) is 23.7 Å². The van der Waals surface area contributed by atoms with Gasteiger partial charge in [-0.2, -0.15) is 0 Å². The first-order valence-corrected chi connectivity index (χ1v) is 5.61. The second-order valence-electron chi connectivity index (χ2n) is 4.27. The molecule has 1 aromatic rings. The lowest BCUT2D eigenvalue weighted by Gasteiger charge is -2.25. The third kappa shape index (κ3) is 2.15. The molecule has 0 bridgehead atoms. The fraction of sp³-hybridized carbons (Fsp3) is 0.500. The Morgan fingerprint density at radius 3 is 2.69 bits per heavy atom. The number of rotatable bonds is 2. The maximum atomic E-state index is 12.1. The fourth-order valence-electron chi connectivity index (χ4n) is 2.11. The van der Waals surface area contributed by atoms with Crippen molar-refractivity contribution in [2.45, 2.75) is 25.7 Å². The number of anilines is 1. The number of hydrogen-bond donors (Lipinski definition) is 1. The summed E-state index contributed by atoms with van der Waals surface area (Å²) in [6.45, 7) is 0. The third-order valence-electron chi connectivity index (χ3n) is 3.17. The summed E-state index contributed by atoms with van der Waals surface area (Å²) in [5.41, 5.74) is 0. The first-order chi connectivity index (χ1) is 7.68. The summed E-state index contributed by atoms with van der Waals surface area (Å²) >= 11 is 0. The number of Topliss-reactive ketones (excluding diaryl/α,β-unsaturated/α-hetero) is 1. The van der Waals surface area contributed by atoms with Gasteiger partial charge in [0.2, 0.25) is 5.91 Å². The van der Waals surface area contributed by atoms with Gasteiger partial charge in [0, 0.05) is 32.0 Å². The molecular formula is C12H16N2O2. The van der Waals surface area contributed by atoms with Crippen molar-refractivity contribution in [1.82, 2.24) is 4.98 Å². The van der Waals surface area contributed by atoms with Crippen LogP contribution >= 0.6 is 0 Å². The van der Waals surface area contributed by atoms with Crippen molar-refractivity contribution in [3.05, 3.63) is 18.3 Å². The maximum Gasteiger partial charge on any atom is 0.230 e. The topological polar surface area (TPSA) is 53.2 Å². The third-order valence-corrected chi connectivity index (χ3v) is 3.17. The molecule has 0 aliphatic heterocycles. The number of nitrogens with zero attached hydrogens (tertiary/aromatic N) is 1. The molecule has 0 unspecified atom stereocenters. The van der Waals surface area contributed by atoms with Crippen molar-refractivity contribution in [3.63, 3.8) is 0 Å². The molecule has 1 aliphatic carbocycles. The number of amides is 1. The largest absolute Gasteiger partial charge is 0.348 e. The molecule has 2 rings (SSSR count). The van der Waals surface area contributed by atoms with E-state index in [2.05, 4.69) is 4.98 Å². The maximum absolute atomic E-state index is 12.1. The zero-order chi connectivity index (χ0) is 11.5. The van der Waals surface area contributed by atoms with Crippen molar-refractivity contribution < 1.29 is 9.59 Å². The molecule has 1 saturated carbocycles. The molecule has 4 nitrogen and oxygen atoms in total. The second-order valence-corrected chi connectivity index (χ2v) is 4.27. The molecule has 16 heavy (non-hydrogen) atoms. The zero-order valence-electron chi connectivity index (χ0n) is 9.40. The van der Waals surface area contributed by atoms with E-state index >= 15 is 0 Å². The molecule has 86 valence electrons. The van der Waals surface area contributed by atoms with E-state index in [1.807, 2.05) is 12.1 Å². The molecule has 1 aromatic heterocycles. The van der Waals surface area contributed by atoms with Gasteiger partial charge in [-0.15, -0.1) is 0 Å². The van der Waals surface area contributed by atoms with Crippen LogP contribution in [0.3, 0.4) is 0 Å². The Hall–Kier alpha value is -1.58. The molecular weight excluding hydrogens is 204 g/mol. The van der Waals surface area contributed by atoms with Gasteiger partial charge in [-0.25, -0.2) is 0 Å². The van der Waals surface area contributed by atoms with Crippen LogP contribution in [0.1, 0.15) is 25.7 Å². The predicted octanol–water partition coefficient (Wildman–Crippen LogP) is 1.74. The van der Waals surface area contributed by atoms with Crippen LogP contribution in [0.4, 0.5) is 5.82 Å². The normalized spacial score (nSPS) is 17.4. The highest BCUT2D eigenvalue weighted by Gasteiger charge is 2.27. The Kier molecular flexibility index (Phi) is 3.08. The molecule has 1 amide bonds. The van der Waals surface area contributed by atoms with E-state index in [-0.39, 0.29) is 17.6 Å². The highest BCUT2D eigenvalue weighted by Crippen LogP contribution is 2.24.